The van der Waals surface area contributed by atoms with E-state index >= 15 is 0 Å². The monoisotopic (exact) mass is 322 g/mol. The molecule has 4 heteroatoms. The molecule has 0 unspecified atom stereocenters. The number of hydrogen-bond acceptors (Lipinski definition) is 3. The van der Waals surface area contributed by atoms with E-state index < -0.39 is 0 Å². The second-order valence-corrected chi connectivity index (χ2v) is 5.21. The third-order valence-corrected chi connectivity index (χ3v) is 4.66. The van der Waals surface area contributed by atoms with Crippen LogP contribution in [0.3, 0.4) is 0 Å². The van der Waals surface area contributed by atoms with E-state index in [-0.39, 0.29) is 6.61 Å². The highest BCUT2D eigenvalue weighted by atomic mass is 127. The number of rotatable bonds is 1. The van der Waals surface area contributed by atoms with Gasteiger partial charge in [0.2, 0.25) is 0 Å². The van der Waals surface area contributed by atoms with E-state index in [1.807, 2.05) is 17.5 Å². The molecule has 1 nitrogen and oxygen atoms in total. The van der Waals surface area contributed by atoms with Crippen molar-refractivity contribution in [3.63, 3.8) is 0 Å². The minimum absolute atomic E-state index is 0.0983. The van der Waals surface area contributed by atoms with E-state index in [1.54, 1.807) is 11.3 Å². The number of benzene rings is 1. The zero-order valence-electron chi connectivity index (χ0n) is 6.62. The van der Waals surface area contributed by atoms with Crippen molar-refractivity contribution >= 4 is 56.6 Å². The summed E-state index contributed by atoms with van der Waals surface area (Å²) in [5.74, 6) is 0. The van der Waals surface area contributed by atoms with Crippen molar-refractivity contribution in [2.75, 3.05) is 0 Å². The van der Waals surface area contributed by atoms with E-state index in [9.17, 15) is 0 Å². The van der Waals surface area contributed by atoms with Gasteiger partial charge >= 0.3 is 0 Å². The Kier molecular flexibility index (Phi) is 2.83. The smallest absolute Gasteiger partial charge is 0.0696 e. The van der Waals surface area contributed by atoms with Gasteiger partial charge in [0.15, 0.2) is 0 Å². The summed E-state index contributed by atoms with van der Waals surface area (Å²) < 4.78 is 2.24. The molecule has 0 spiro atoms. The van der Waals surface area contributed by atoms with Gasteiger partial charge in [0.25, 0.3) is 0 Å². The Morgan fingerprint density at radius 1 is 1.54 bits per heavy atom. The van der Waals surface area contributed by atoms with Crippen molar-refractivity contribution in [3.8, 4) is 0 Å². The van der Waals surface area contributed by atoms with E-state index in [0.29, 0.717) is 0 Å². The molecule has 1 N–H and O–H groups in total. The maximum absolute atomic E-state index is 9.15. The highest BCUT2D eigenvalue weighted by molar-refractivity contribution is 14.1. The minimum Gasteiger partial charge on any atom is -0.392 e. The molecular formula is C9H7IOS2. The van der Waals surface area contributed by atoms with Crippen molar-refractivity contribution in [1.29, 1.82) is 0 Å². The number of hydrogen-bond donors (Lipinski definition) is 2. The number of halogens is 1. The zero-order valence-corrected chi connectivity index (χ0v) is 10.5. The zero-order chi connectivity index (χ0) is 9.42. The number of aliphatic hydroxyl groups is 1. The van der Waals surface area contributed by atoms with Crippen LogP contribution in [0, 0.1) is 3.57 Å². The lowest BCUT2D eigenvalue weighted by molar-refractivity contribution is 0.283. The van der Waals surface area contributed by atoms with Crippen molar-refractivity contribution < 1.29 is 5.11 Å². The molecule has 0 saturated heterocycles. The maximum atomic E-state index is 9.15. The third kappa shape index (κ3) is 1.60. The number of thiophene rings is 1. The van der Waals surface area contributed by atoms with Crippen LogP contribution in [0.2, 0.25) is 0 Å². The average molecular weight is 322 g/mol. The molecular weight excluding hydrogens is 315 g/mol. The van der Waals surface area contributed by atoms with E-state index in [1.165, 1.54) is 0 Å². The number of thiol groups is 1. The van der Waals surface area contributed by atoms with Crippen LogP contribution in [0.4, 0.5) is 0 Å². The van der Waals surface area contributed by atoms with Crippen LogP contribution in [0.15, 0.2) is 22.4 Å². The summed E-state index contributed by atoms with van der Waals surface area (Å²) in [6.07, 6.45) is 0. The fourth-order valence-corrected chi connectivity index (χ4v) is 3.18. The predicted octanol–water partition coefficient (Wildman–Crippen LogP) is 3.29. The summed E-state index contributed by atoms with van der Waals surface area (Å²) in [6.45, 7) is 0.0983. The lowest BCUT2D eigenvalue weighted by atomic mass is 10.2. The van der Waals surface area contributed by atoms with Crippen LogP contribution < -0.4 is 0 Å². The summed E-state index contributed by atoms with van der Waals surface area (Å²) in [6, 6.07) is 4.03. The summed E-state index contributed by atoms with van der Waals surface area (Å²) in [7, 11) is 0. The first-order valence-electron chi connectivity index (χ1n) is 3.72. The van der Waals surface area contributed by atoms with E-state index in [4.69, 9.17) is 5.11 Å². The van der Waals surface area contributed by atoms with Gasteiger partial charge in [-0.3, -0.25) is 0 Å². The Hall–Kier alpha value is 0.220. The van der Waals surface area contributed by atoms with Gasteiger partial charge in [0, 0.05) is 18.6 Å². The van der Waals surface area contributed by atoms with Gasteiger partial charge in [-0.2, -0.15) is 0 Å². The fraction of sp³-hybridized carbons (Fsp3) is 0.111. The first-order chi connectivity index (χ1) is 6.24. The Bertz CT molecular complexity index is 450. The molecule has 0 atom stereocenters. The number of aliphatic hydroxyl groups excluding tert-OH is 1. The molecule has 2 aromatic rings. The summed E-state index contributed by atoms with van der Waals surface area (Å²) in [5.41, 5.74) is 0.993. The van der Waals surface area contributed by atoms with Crippen LogP contribution in [-0.4, -0.2) is 5.11 Å². The Morgan fingerprint density at radius 3 is 3.00 bits per heavy atom. The van der Waals surface area contributed by atoms with Gasteiger partial charge in [-0.1, -0.05) is 0 Å². The molecule has 0 saturated carbocycles. The van der Waals surface area contributed by atoms with Crippen LogP contribution in [0.1, 0.15) is 5.56 Å². The van der Waals surface area contributed by atoms with Crippen molar-refractivity contribution in [2.45, 2.75) is 11.5 Å². The summed E-state index contributed by atoms with van der Waals surface area (Å²) in [5, 5.41) is 12.3. The third-order valence-electron chi connectivity index (χ3n) is 1.91. The lowest BCUT2D eigenvalue weighted by Gasteiger charge is -2.03. The Morgan fingerprint density at radius 2 is 2.31 bits per heavy atom. The fourth-order valence-electron chi connectivity index (χ4n) is 1.28. The van der Waals surface area contributed by atoms with Gasteiger partial charge < -0.3 is 5.11 Å². The molecule has 0 aliphatic rings. The second-order valence-electron chi connectivity index (χ2n) is 2.69. The molecule has 0 aliphatic heterocycles. The highest BCUT2D eigenvalue weighted by Gasteiger charge is 2.08. The first kappa shape index (κ1) is 9.76. The van der Waals surface area contributed by atoms with Gasteiger partial charge in [-0.25, -0.2) is 0 Å². The molecule has 2 rings (SSSR count). The van der Waals surface area contributed by atoms with Crippen LogP contribution in [-0.2, 0) is 6.61 Å². The van der Waals surface area contributed by atoms with Crippen LogP contribution in [0.25, 0.3) is 10.1 Å². The van der Waals surface area contributed by atoms with Crippen LogP contribution in [0.5, 0.6) is 0 Å². The molecule has 1 heterocycles. The average Bonchev–Trinajstić information content (AvgIpc) is 2.60. The van der Waals surface area contributed by atoms with Gasteiger partial charge in [-0.15, -0.1) is 24.0 Å². The van der Waals surface area contributed by atoms with Crippen molar-refractivity contribution in [3.05, 3.63) is 26.6 Å². The highest BCUT2D eigenvalue weighted by Crippen LogP contribution is 2.33. The normalized spacial score (nSPS) is 11.0. The number of fused-ring (bicyclic) bond motifs is 1. The van der Waals surface area contributed by atoms with Gasteiger partial charge in [-0.05, 0) is 45.7 Å². The second kappa shape index (κ2) is 3.76. The molecule has 1 aromatic carbocycles. The minimum atomic E-state index is 0.0983. The quantitative estimate of drug-likeness (QED) is 0.610. The molecule has 0 radical (unpaired) electrons. The van der Waals surface area contributed by atoms with Gasteiger partial charge in [0.1, 0.15) is 0 Å². The Labute approximate surface area is 99.3 Å². The first-order valence-corrected chi connectivity index (χ1v) is 6.13. The molecule has 1 aromatic heterocycles. The molecule has 0 bridgehead atoms. The summed E-state index contributed by atoms with van der Waals surface area (Å²) in [4.78, 5) is 1.01. The van der Waals surface area contributed by atoms with Crippen molar-refractivity contribution in [1.82, 2.24) is 0 Å². The maximum Gasteiger partial charge on any atom is 0.0696 e. The lowest BCUT2D eigenvalue weighted by Crippen LogP contribution is -1.86. The Balaban J connectivity index is 2.87. The van der Waals surface area contributed by atoms with Crippen molar-refractivity contribution in [2.24, 2.45) is 0 Å². The van der Waals surface area contributed by atoms with E-state index in [0.717, 1.165) is 24.1 Å². The molecule has 0 amide bonds. The standard InChI is InChI=1S/C9H7IOS2/c10-7-3-5(4-11)9-6(8(7)12)1-2-13-9/h1-3,11-12H,4H2. The van der Waals surface area contributed by atoms with Crippen LogP contribution >= 0.6 is 46.6 Å². The predicted molar refractivity (Wildman–Crippen MR) is 67.7 cm³/mol. The molecule has 68 valence electrons. The SMILES string of the molecule is OCc1cc(I)c(S)c2ccsc12. The molecule has 0 fully saturated rings. The topological polar surface area (TPSA) is 20.2 Å². The largest absolute Gasteiger partial charge is 0.392 e. The van der Waals surface area contributed by atoms with Gasteiger partial charge in [0.05, 0.1) is 6.61 Å². The summed E-state index contributed by atoms with van der Waals surface area (Å²) >= 11 is 8.32. The molecule has 13 heavy (non-hydrogen) atoms. The van der Waals surface area contributed by atoms with E-state index in [2.05, 4.69) is 35.2 Å². The molecule has 0 aliphatic carbocycles.